The molecule has 88 valence electrons. The monoisotopic (exact) mass is 355 g/mol. The fourth-order valence-corrected chi connectivity index (χ4v) is 2.24. The number of phenolic OH excluding ortho intramolecular Hbond substituents is 1. The summed E-state index contributed by atoms with van der Waals surface area (Å²) in [6.45, 7) is 0.670. The lowest BCUT2D eigenvalue weighted by Gasteiger charge is -2.09. The van der Waals surface area contributed by atoms with Gasteiger partial charge in [-0.05, 0) is 51.8 Å². The summed E-state index contributed by atoms with van der Waals surface area (Å²) in [6.07, 6.45) is 0. The highest BCUT2D eigenvalue weighted by Crippen LogP contribution is 2.26. The molecule has 0 saturated carbocycles. The van der Waals surface area contributed by atoms with E-state index in [0.29, 0.717) is 6.54 Å². The number of nitrogens with one attached hydrogen (secondary N) is 1. The van der Waals surface area contributed by atoms with E-state index in [1.807, 2.05) is 30.3 Å². The number of phenols is 1. The van der Waals surface area contributed by atoms with Crippen LogP contribution in [-0.4, -0.2) is 5.11 Å². The Bertz CT molecular complexity index is 529. The average molecular weight is 357 g/mol. The van der Waals surface area contributed by atoms with Gasteiger partial charge in [0.1, 0.15) is 5.75 Å². The maximum atomic E-state index is 9.36. The van der Waals surface area contributed by atoms with E-state index in [4.69, 9.17) is 0 Å². The van der Waals surface area contributed by atoms with Crippen molar-refractivity contribution in [3.63, 3.8) is 0 Å². The van der Waals surface area contributed by atoms with Gasteiger partial charge in [-0.25, -0.2) is 0 Å². The van der Waals surface area contributed by atoms with E-state index < -0.39 is 0 Å². The number of benzene rings is 2. The van der Waals surface area contributed by atoms with Crippen LogP contribution in [0.2, 0.25) is 0 Å². The molecule has 0 radical (unpaired) electrons. The fraction of sp³-hybridized carbons (Fsp3) is 0.0769. The predicted octanol–water partition coefficient (Wildman–Crippen LogP) is 4.53. The van der Waals surface area contributed by atoms with Gasteiger partial charge in [-0.3, -0.25) is 0 Å². The van der Waals surface area contributed by atoms with Crippen LogP contribution >= 0.6 is 31.9 Å². The van der Waals surface area contributed by atoms with Gasteiger partial charge in [0.25, 0.3) is 0 Å². The molecule has 0 aliphatic rings. The Morgan fingerprint density at radius 1 is 1.06 bits per heavy atom. The fourth-order valence-electron chi connectivity index (χ4n) is 1.50. The first kappa shape index (κ1) is 12.5. The Labute approximate surface area is 117 Å². The molecular weight excluding hydrogens is 346 g/mol. The van der Waals surface area contributed by atoms with Crippen molar-refractivity contribution in [1.29, 1.82) is 0 Å². The SMILES string of the molecule is Oc1cccc(CNc2cc(Br)ccc2Br)c1. The maximum absolute atomic E-state index is 9.36. The molecule has 2 N–H and O–H groups in total. The molecule has 2 rings (SSSR count). The van der Waals surface area contributed by atoms with Crippen LogP contribution in [0.5, 0.6) is 5.75 Å². The molecule has 2 aromatic carbocycles. The number of aromatic hydroxyl groups is 1. The van der Waals surface area contributed by atoms with Crippen molar-refractivity contribution in [3.05, 3.63) is 57.0 Å². The van der Waals surface area contributed by atoms with E-state index in [1.54, 1.807) is 12.1 Å². The highest BCUT2D eigenvalue weighted by molar-refractivity contribution is 9.11. The van der Waals surface area contributed by atoms with Crippen molar-refractivity contribution in [3.8, 4) is 5.75 Å². The van der Waals surface area contributed by atoms with Crippen LogP contribution in [0.15, 0.2) is 51.4 Å². The van der Waals surface area contributed by atoms with E-state index in [1.165, 1.54) is 0 Å². The third-order valence-electron chi connectivity index (χ3n) is 2.32. The molecule has 2 nitrogen and oxygen atoms in total. The van der Waals surface area contributed by atoms with Crippen molar-refractivity contribution < 1.29 is 5.11 Å². The summed E-state index contributed by atoms with van der Waals surface area (Å²) in [5.41, 5.74) is 2.06. The van der Waals surface area contributed by atoms with Crippen LogP contribution in [0.3, 0.4) is 0 Å². The summed E-state index contributed by atoms with van der Waals surface area (Å²) in [7, 11) is 0. The minimum atomic E-state index is 0.289. The van der Waals surface area contributed by atoms with Gasteiger partial charge in [-0.1, -0.05) is 28.1 Å². The van der Waals surface area contributed by atoms with Gasteiger partial charge in [0.2, 0.25) is 0 Å². The molecule has 0 atom stereocenters. The molecule has 0 saturated heterocycles. The van der Waals surface area contributed by atoms with Gasteiger partial charge in [0, 0.05) is 21.2 Å². The van der Waals surface area contributed by atoms with E-state index in [2.05, 4.69) is 37.2 Å². The smallest absolute Gasteiger partial charge is 0.115 e. The number of rotatable bonds is 3. The molecule has 0 fully saturated rings. The van der Waals surface area contributed by atoms with Gasteiger partial charge in [-0.15, -0.1) is 0 Å². The third-order valence-corrected chi connectivity index (χ3v) is 3.51. The molecular formula is C13H11Br2NO. The van der Waals surface area contributed by atoms with Crippen LogP contribution in [0, 0.1) is 0 Å². The van der Waals surface area contributed by atoms with Gasteiger partial charge in [-0.2, -0.15) is 0 Å². The van der Waals surface area contributed by atoms with Gasteiger partial charge < -0.3 is 10.4 Å². The minimum absolute atomic E-state index is 0.289. The molecule has 0 amide bonds. The second kappa shape index (κ2) is 5.56. The molecule has 0 aliphatic heterocycles. The number of hydrogen-bond donors (Lipinski definition) is 2. The van der Waals surface area contributed by atoms with E-state index in [-0.39, 0.29) is 5.75 Å². The molecule has 2 aromatic rings. The standard InChI is InChI=1S/C13H11Br2NO/c14-10-4-5-12(15)13(7-10)16-8-9-2-1-3-11(17)6-9/h1-7,16-17H,8H2. The number of halogens is 2. The van der Waals surface area contributed by atoms with Crippen molar-refractivity contribution in [2.45, 2.75) is 6.54 Å². The molecule has 0 unspecified atom stereocenters. The zero-order valence-corrected chi connectivity index (χ0v) is 12.1. The van der Waals surface area contributed by atoms with Crippen LogP contribution in [-0.2, 0) is 6.54 Å². The largest absolute Gasteiger partial charge is 0.508 e. The third kappa shape index (κ3) is 3.48. The predicted molar refractivity (Wildman–Crippen MR) is 77.3 cm³/mol. The second-order valence-electron chi connectivity index (χ2n) is 3.65. The topological polar surface area (TPSA) is 32.3 Å². The van der Waals surface area contributed by atoms with Crippen LogP contribution < -0.4 is 5.32 Å². The van der Waals surface area contributed by atoms with E-state index in [9.17, 15) is 5.11 Å². The normalized spacial score (nSPS) is 10.2. The van der Waals surface area contributed by atoms with Gasteiger partial charge >= 0.3 is 0 Å². The van der Waals surface area contributed by atoms with Crippen molar-refractivity contribution in [2.75, 3.05) is 5.32 Å². The lowest BCUT2D eigenvalue weighted by Crippen LogP contribution is -1.99. The first-order valence-corrected chi connectivity index (χ1v) is 6.70. The first-order valence-electron chi connectivity index (χ1n) is 5.12. The number of anilines is 1. The second-order valence-corrected chi connectivity index (χ2v) is 5.42. The van der Waals surface area contributed by atoms with E-state index >= 15 is 0 Å². The molecule has 0 bridgehead atoms. The highest BCUT2D eigenvalue weighted by Gasteiger charge is 2.01. The minimum Gasteiger partial charge on any atom is -0.508 e. The molecule has 0 aromatic heterocycles. The van der Waals surface area contributed by atoms with Crippen LogP contribution in [0.4, 0.5) is 5.69 Å². The lowest BCUT2D eigenvalue weighted by molar-refractivity contribution is 0.474. The van der Waals surface area contributed by atoms with Crippen molar-refractivity contribution in [1.82, 2.24) is 0 Å². The summed E-state index contributed by atoms with van der Waals surface area (Å²) in [5, 5.41) is 12.7. The van der Waals surface area contributed by atoms with Gasteiger partial charge in [0.15, 0.2) is 0 Å². The Morgan fingerprint density at radius 2 is 1.88 bits per heavy atom. The van der Waals surface area contributed by atoms with Gasteiger partial charge in [0.05, 0.1) is 0 Å². The Morgan fingerprint density at radius 3 is 2.65 bits per heavy atom. The molecule has 0 aliphatic carbocycles. The highest BCUT2D eigenvalue weighted by atomic mass is 79.9. The zero-order valence-electron chi connectivity index (χ0n) is 8.95. The molecule has 0 spiro atoms. The van der Waals surface area contributed by atoms with Crippen LogP contribution in [0.25, 0.3) is 0 Å². The maximum Gasteiger partial charge on any atom is 0.115 e. The first-order chi connectivity index (χ1) is 8.15. The van der Waals surface area contributed by atoms with Crippen LogP contribution in [0.1, 0.15) is 5.56 Å². The zero-order chi connectivity index (χ0) is 12.3. The van der Waals surface area contributed by atoms with Crippen molar-refractivity contribution >= 4 is 37.5 Å². The molecule has 17 heavy (non-hydrogen) atoms. The summed E-state index contributed by atoms with van der Waals surface area (Å²) in [4.78, 5) is 0. The molecule has 0 heterocycles. The van der Waals surface area contributed by atoms with E-state index in [0.717, 1.165) is 20.2 Å². The summed E-state index contributed by atoms with van der Waals surface area (Å²) in [5.74, 6) is 0.289. The lowest BCUT2D eigenvalue weighted by atomic mass is 10.2. The summed E-state index contributed by atoms with van der Waals surface area (Å²) in [6, 6.07) is 13.2. The quantitative estimate of drug-likeness (QED) is 0.846. The number of hydrogen-bond acceptors (Lipinski definition) is 2. The Kier molecular flexibility index (Phi) is 4.07. The van der Waals surface area contributed by atoms with Crippen molar-refractivity contribution in [2.24, 2.45) is 0 Å². The summed E-state index contributed by atoms with van der Waals surface area (Å²) >= 11 is 6.92. The molecule has 4 heteroatoms. The average Bonchev–Trinajstić information content (AvgIpc) is 2.30. The Balaban J connectivity index is 2.09. The summed E-state index contributed by atoms with van der Waals surface area (Å²) < 4.78 is 2.04. The Hall–Kier alpha value is -1.000.